The number of nitro benzene ring substituents is 1. The van der Waals surface area contributed by atoms with Crippen LogP contribution in [0.5, 0.6) is 0 Å². The minimum atomic E-state index is -0.787. The zero-order chi connectivity index (χ0) is 32.0. The summed E-state index contributed by atoms with van der Waals surface area (Å²) in [6, 6.07) is 15.6. The van der Waals surface area contributed by atoms with Gasteiger partial charge in [0.25, 0.3) is 5.69 Å². The van der Waals surface area contributed by atoms with E-state index in [0.717, 1.165) is 37.3 Å². The number of ether oxygens (including phenoxy) is 1. The van der Waals surface area contributed by atoms with Crippen molar-refractivity contribution in [1.29, 1.82) is 0 Å². The predicted molar refractivity (Wildman–Crippen MR) is 170 cm³/mol. The van der Waals surface area contributed by atoms with E-state index in [1.54, 1.807) is 36.4 Å². The number of carbonyl (C=O) groups excluding carboxylic acids is 4. The van der Waals surface area contributed by atoms with Gasteiger partial charge in [-0.2, -0.15) is 0 Å². The van der Waals surface area contributed by atoms with E-state index < -0.39 is 29.0 Å². The second kappa shape index (κ2) is 12.1. The zero-order valence-electron chi connectivity index (χ0n) is 23.9. The van der Waals surface area contributed by atoms with E-state index in [-0.39, 0.29) is 39.8 Å². The number of carbonyl (C=O) groups is 4. The average molecular weight is 691 g/mol. The topological polar surface area (TPSA) is 137 Å². The molecule has 1 saturated carbocycles. The smallest absolute Gasteiger partial charge is 0.339 e. The number of nitrogens with zero attached hydrogens (tertiary/aromatic N) is 3. The fraction of sp³-hybridized carbons (Fsp3) is 0.242. The highest BCUT2D eigenvalue weighted by Gasteiger charge is 2.48. The van der Waals surface area contributed by atoms with Gasteiger partial charge in [-0.1, -0.05) is 52.5 Å². The lowest BCUT2D eigenvalue weighted by Gasteiger charge is -2.19. The molecule has 1 aliphatic heterocycles. The molecule has 10 nitrogen and oxygen atoms in total. The van der Waals surface area contributed by atoms with E-state index in [0.29, 0.717) is 32.3 Å². The van der Waals surface area contributed by atoms with E-state index in [9.17, 15) is 29.3 Å². The fourth-order valence-corrected chi connectivity index (χ4v) is 6.85. The lowest BCUT2D eigenvalue weighted by atomic mass is 9.81. The molecule has 228 valence electrons. The van der Waals surface area contributed by atoms with Crippen LogP contribution in [-0.2, 0) is 14.3 Å². The molecular formula is C33H25BrClN3O7. The Labute approximate surface area is 270 Å². The molecule has 0 bridgehead atoms. The lowest BCUT2D eigenvalue weighted by molar-refractivity contribution is -0.384. The number of pyridine rings is 1. The predicted octanol–water partition coefficient (Wildman–Crippen LogP) is 7.25. The van der Waals surface area contributed by atoms with Crippen molar-refractivity contribution < 1.29 is 28.8 Å². The van der Waals surface area contributed by atoms with Crippen molar-refractivity contribution in [3.8, 4) is 11.3 Å². The molecule has 1 aromatic heterocycles. The van der Waals surface area contributed by atoms with Crippen molar-refractivity contribution in [2.24, 2.45) is 11.8 Å². The summed E-state index contributed by atoms with van der Waals surface area (Å²) in [5.41, 5.74) is 2.61. The number of aryl methyl sites for hydroxylation is 1. The fourth-order valence-electron chi connectivity index (χ4n) is 6.09. The van der Waals surface area contributed by atoms with Gasteiger partial charge in [0.15, 0.2) is 6.61 Å². The quantitative estimate of drug-likeness (QED) is 0.0650. The Morgan fingerprint density at radius 2 is 1.69 bits per heavy atom. The minimum Gasteiger partial charge on any atom is -0.454 e. The Morgan fingerprint density at radius 3 is 2.33 bits per heavy atom. The van der Waals surface area contributed by atoms with Gasteiger partial charge in [0.2, 0.25) is 17.6 Å². The van der Waals surface area contributed by atoms with E-state index in [1.165, 1.54) is 17.0 Å². The molecule has 3 aromatic carbocycles. The third kappa shape index (κ3) is 5.73. The number of amides is 2. The van der Waals surface area contributed by atoms with E-state index >= 15 is 0 Å². The van der Waals surface area contributed by atoms with Gasteiger partial charge in [0.05, 0.1) is 39.2 Å². The SMILES string of the molecule is Cc1cc(Br)cc2c(C(=O)OCC(=O)c3ccc(Cl)c([N+](=O)[O-])c3)cc(-c3ccc(N4C(=O)C5CCCCC5C4=O)cc3)nc12. The van der Waals surface area contributed by atoms with Gasteiger partial charge in [-0.05, 0) is 67.8 Å². The lowest BCUT2D eigenvalue weighted by Crippen LogP contribution is -2.30. The summed E-state index contributed by atoms with van der Waals surface area (Å²) in [6.07, 6.45) is 3.34. The van der Waals surface area contributed by atoms with Crippen LogP contribution in [-0.4, -0.2) is 40.1 Å². The van der Waals surface area contributed by atoms with Crippen LogP contribution in [0.2, 0.25) is 5.02 Å². The molecule has 2 heterocycles. The van der Waals surface area contributed by atoms with Crippen molar-refractivity contribution in [3.63, 3.8) is 0 Å². The highest BCUT2D eigenvalue weighted by Crippen LogP contribution is 2.40. The van der Waals surface area contributed by atoms with Gasteiger partial charge in [0, 0.05) is 27.1 Å². The maximum absolute atomic E-state index is 13.4. The molecule has 45 heavy (non-hydrogen) atoms. The van der Waals surface area contributed by atoms with Gasteiger partial charge >= 0.3 is 5.97 Å². The zero-order valence-corrected chi connectivity index (χ0v) is 26.3. The standard InChI is InChI=1S/C33H25BrClN3O7/c1-17-12-20(34)14-24-25(33(42)45-16-29(39)19-8-11-26(35)28(13-19)38(43)44)15-27(36-30(17)24)18-6-9-21(10-7-18)37-31(40)22-4-2-3-5-23(22)32(37)41/h6-15,22-23H,2-5,16H2,1H3. The maximum Gasteiger partial charge on any atom is 0.339 e. The number of rotatable bonds is 7. The number of ketones is 1. The van der Waals surface area contributed by atoms with Gasteiger partial charge < -0.3 is 4.74 Å². The first-order valence-corrected chi connectivity index (χ1v) is 15.4. The van der Waals surface area contributed by atoms with E-state index in [2.05, 4.69) is 15.9 Å². The van der Waals surface area contributed by atoms with Crippen molar-refractivity contribution in [3.05, 3.63) is 97.0 Å². The summed E-state index contributed by atoms with van der Waals surface area (Å²) < 4.78 is 6.11. The molecule has 0 spiro atoms. The molecular weight excluding hydrogens is 666 g/mol. The van der Waals surface area contributed by atoms with Crippen LogP contribution >= 0.6 is 27.5 Å². The van der Waals surface area contributed by atoms with E-state index in [1.807, 2.05) is 13.0 Å². The number of nitro groups is 1. The molecule has 2 aliphatic rings. The number of hydrogen-bond acceptors (Lipinski definition) is 8. The van der Waals surface area contributed by atoms with Crippen molar-refractivity contribution in [1.82, 2.24) is 4.98 Å². The first-order valence-electron chi connectivity index (χ1n) is 14.3. The average Bonchev–Trinajstić information content (AvgIpc) is 3.28. The molecule has 4 aromatic rings. The van der Waals surface area contributed by atoms with Crippen molar-refractivity contribution >= 4 is 73.4 Å². The first kappa shape index (κ1) is 30.5. The Balaban J connectivity index is 1.29. The minimum absolute atomic E-state index is 0.0212. The van der Waals surface area contributed by atoms with Crippen molar-refractivity contribution in [2.75, 3.05) is 11.5 Å². The van der Waals surface area contributed by atoms with Crippen LogP contribution in [0.1, 0.15) is 52.0 Å². The summed E-state index contributed by atoms with van der Waals surface area (Å²) in [5.74, 6) is -2.26. The number of benzene rings is 3. The highest BCUT2D eigenvalue weighted by molar-refractivity contribution is 9.10. The largest absolute Gasteiger partial charge is 0.454 e. The maximum atomic E-state index is 13.4. The highest BCUT2D eigenvalue weighted by atomic mass is 79.9. The first-order chi connectivity index (χ1) is 21.5. The Morgan fingerprint density at radius 1 is 1.02 bits per heavy atom. The van der Waals surface area contributed by atoms with Crippen LogP contribution in [0.25, 0.3) is 22.2 Å². The third-order valence-corrected chi connectivity index (χ3v) is 9.13. The molecule has 2 unspecified atom stereocenters. The molecule has 2 fully saturated rings. The van der Waals surface area contributed by atoms with Gasteiger partial charge in [-0.3, -0.25) is 29.4 Å². The summed E-state index contributed by atoms with van der Waals surface area (Å²) in [4.78, 5) is 69.0. The van der Waals surface area contributed by atoms with Gasteiger partial charge in [-0.25, -0.2) is 9.78 Å². The summed E-state index contributed by atoms with van der Waals surface area (Å²) >= 11 is 9.31. The Hall–Kier alpha value is -4.48. The summed E-state index contributed by atoms with van der Waals surface area (Å²) in [5, 5.41) is 11.6. The summed E-state index contributed by atoms with van der Waals surface area (Å²) in [7, 11) is 0. The Kier molecular flexibility index (Phi) is 8.23. The number of hydrogen-bond donors (Lipinski definition) is 0. The van der Waals surface area contributed by atoms with Crippen LogP contribution < -0.4 is 4.90 Å². The molecule has 6 rings (SSSR count). The van der Waals surface area contributed by atoms with Crippen LogP contribution in [0.4, 0.5) is 11.4 Å². The third-order valence-electron chi connectivity index (χ3n) is 8.35. The Bertz CT molecular complexity index is 1900. The number of aromatic nitrogens is 1. The molecule has 12 heteroatoms. The van der Waals surface area contributed by atoms with Crippen LogP contribution in [0.15, 0.2) is 65.1 Å². The molecule has 1 saturated heterocycles. The second-order valence-electron chi connectivity index (χ2n) is 11.2. The van der Waals surface area contributed by atoms with E-state index in [4.69, 9.17) is 21.3 Å². The van der Waals surface area contributed by atoms with Gasteiger partial charge in [0.1, 0.15) is 5.02 Å². The molecule has 2 amide bonds. The van der Waals surface area contributed by atoms with Crippen LogP contribution in [0, 0.1) is 28.9 Å². The number of Topliss-reactive ketones (excluding diaryl/α,β-unsaturated/α-hetero) is 1. The normalized spacial score (nSPS) is 17.8. The molecule has 2 atom stereocenters. The van der Waals surface area contributed by atoms with Gasteiger partial charge in [-0.15, -0.1) is 0 Å². The molecule has 0 radical (unpaired) electrons. The molecule has 1 aliphatic carbocycles. The number of esters is 1. The molecule has 0 N–H and O–H groups in total. The van der Waals surface area contributed by atoms with Crippen molar-refractivity contribution in [2.45, 2.75) is 32.6 Å². The van der Waals surface area contributed by atoms with Crippen LogP contribution in [0.3, 0.4) is 0 Å². The second-order valence-corrected chi connectivity index (χ2v) is 12.5. The monoisotopic (exact) mass is 689 g/mol. The number of halogens is 2. The number of imide groups is 1. The number of fused-ring (bicyclic) bond motifs is 2. The summed E-state index contributed by atoms with van der Waals surface area (Å²) in [6.45, 7) is 1.20. The number of anilines is 1.